The molecule has 1 aliphatic rings. The molecule has 1 heterocycles. The van der Waals surface area contributed by atoms with Gasteiger partial charge in [0.05, 0.1) is 0 Å². The highest BCUT2D eigenvalue weighted by Crippen LogP contribution is 2.32. The van der Waals surface area contributed by atoms with Gasteiger partial charge in [-0.3, -0.25) is 14.5 Å². The van der Waals surface area contributed by atoms with Gasteiger partial charge in [-0.15, -0.1) is 11.3 Å². The van der Waals surface area contributed by atoms with Crippen molar-refractivity contribution in [2.45, 2.75) is 155 Å². The van der Waals surface area contributed by atoms with Gasteiger partial charge < -0.3 is 10.1 Å². The number of thiophene rings is 1. The summed E-state index contributed by atoms with van der Waals surface area (Å²) in [4.78, 5) is 29.0. The predicted molar refractivity (Wildman–Crippen MR) is 190 cm³/mol. The van der Waals surface area contributed by atoms with Gasteiger partial charge in [0.1, 0.15) is 5.75 Å². The van der Waals surface area contributed by atoms with Crippen LogP contribution in [0.4, 0.5) is 0 Å². The number of amides is 1. The smallest absolute Gasteiger partial charge is 0.311 e. The lowest BCUT2D eigenvalue weighted by Crippen LogP contribution is -2.41. The third-order valence-electron chi connectivity index (χ3n) is 9.28. The number of ether oxygens (including phenoxy) is 1. The predicted octanol–water partition coefficient (Wildman–Crippen LogP) is 9.84. The molecule has 5 nitrogen and oxygen atoms in total. The summed E-state index contributed by atoms with van der Waals surface area (Å²) in [7, 11) is 0. The Hall–Kier alpha value is -2.18. The van der Waals surface area contributed by atoms with Gasteiger partial charge in [-0.25, -0.2) is 0 Å². The van der Waals surface area contributed by atoms with E-state index in [0.29, 0.717) is 31.8 Å². The van der Waals surface area contributed by atoms with Crippen molar-refractivity contribution >= 4 is 23.2 Å². The molecule has 1 atom stereocenters. The highest BCUT2D eigenvalue weighted by molar-refractivity contribution is 7.09. The summed E-state index contributed by atoms with van der Waals surface area (Å²) in [6.45, 7) is 7.28. The first-order valence-corrected chi connectivity index (χ1v) is 19.3. The van der Waals surface area contributed by atoms with Crippen molar-refractivity contribution in [3.63, 3.8) is 0 Å². The average molecular weight is 639 g/mol. The summed E-state index contributed by atoms with van der Waals surface area (Å²) >= 11 is 1.85. The molecule has 45 heavy (non-hydrogen) atoms. The average Bonchev–Trinajstić information content (AvgIpc) is 3.57. The van der Waals surface area contributed by atoms with Crippen LogP contribution in [0, 0.1) is 0 Å². The minimum Gasteiger partial charge on any atom is -0.426 e. The van der Waals surface area contributed by atoms with Crippen molar-refractivity contribution in [1.82, 2.24) is 10.2 Å². The van der Waals surface area contributed by atoms with E-state index in [1.165, 1.54) is 86.6 Å². The number of hydrogen-bond donors (Lipinski definition) is 1. The van der Waals surface area contributed by atoms with Crippen LogP contribution in [0.3, 0.4) is 0 Å². The zero-order chi connectivity index (χ0) is 32.0. The quantitative estimate of drug-likeness (QED) is 0.0668. The van der Waals surface area contributed by atoms with Gasteiger partial charge in [0.15, 0.2) is 0 Å². The maximum absolute atomic E-state index is 12.7. The highest BCUT2D eigenvalue weighted by atomic mass is 32.1. The molecule has 0 aliphatic heterocycles. The molecule has 1 N–H and O–H groups in total. The van der Waals surface area contributed by atoms with Gasteiger partial charge in [0.2, 0.25) is 5.91 Å². The van der Waals surface area contributed by atoms with Gasteiger partial charge in [-0.1, -0.05) is 109 Å². The Morgan fingerprint density at radius 1 is 0.822 bits per heavy atom. The molecule has 0 spiro atoms. The first-order valence-electron chi connectivity index (χ1n) is 18.4. The van der Waals surface area contributed by atoms with Crippen molar-refractivity contribution in [2.75, 3.05) is 19.6 Å². The third kappa shape index (κ3) is 15.3. The summed E-state index contributed by atoms with van der Waals surface area (Å²) in [6.07, 6.45) is 23.8. The monoisotopic (exact) mass is 638 g/mol. The fourth-order valence-electron chi connectivity index (χ4n) is 6.66. The number of nitrogens with zero attached hydrogens (tertiary/aromatic N) is 1. The molecular formula is C39H62N2O3S. The lowest BCUT2D eigenvalue weighted by Gasteiger charge is -2.35. The number of fused-ring (bicyclic) bond motifs is 1. The standard InChI is InChI=1S/C39H62N2O3S/c1-3-5-6-7-8-9-10-11-12-13-14-15-16-23-38(42)40-28-18-24-39(43)44-37-22-17-20-33-32-34(25-26-36(33)37)41(29-4-2)30-27-35-21-19-31-45-35/h17,19-22,31,34H,3-16,18,23-30,32H2,1-2H3,(H,40,42)/t34-/m0/s1. The number of benzene rings is 1. The van der Waals surface area contributed by atoms with E-state index in [1.54, 1.807) is 0 Å². The lowest BCUT2D eigenvalue weighted by molar-refractivity contribution is -0.134. The minimum atomic E-state index is -0.208. The normalized spacial score (nSPS) is 14.4. The van der Waals surface area contributed by atoms with Crippen LogP contribution in [0.1, 0.15) is 145 Å². The summed E-state index contributed by atoms with van der Waals surface area (Å²) in [5, 5.41) is 5.15. The molecule has 1 amide bonds. The van der Waals surface area contributed by atoms with Crippen LogP contribution < -0.4 is 10.1 Å². The number of unbranched alkanes of at least 4 members (excludes halogenated alkanes) is 12. The van der Waals surface area contributed by atoms with Gasteiger partial charge in [-0.05, 0) is 80.1 Å². The molecule has 1 aromatic carbocycles. The minimum absolute atomic E-state index is 0.102. The molecule has 0 unspecified atom stereocenters. The number of hydrogen-bond acceptors (Lipinski definition) is 5. The van der Waals surface area contributed by atoms with E-state index in [4.69, 9.17) is 4.74 Å². The molecule has 3 rings (SSSR count). The highest BCUT2D eigenvalue weighted by Gasteiger charge is 2.26. The number of carbonyl (C=O) groups is 2. The maximum atomic E-state index is 12.7. The largest absolute Gasteiger partial charge is 0.426 e. The fourth-order valence-corrected chi connectivity index (χ4v) is 7.36. The third-order valence-corrected chi connectivity index (χ3v) is 10.2. The van der Waals surface area contributed by atoms with E-state index in [-0.39, 0.29) is 11.9 Å². The summed E-state index contributed by atoms with van der Waals surface area (Å²) in [5.41, 5.74) is 2.51. The molecule has 0 fully saturated rings. The molecule has 0 saturated heterocycles. The van der Waals surface area contributed by atoms with Crippen molar-refractivity contribution in [1.29, 1.82) is 0 Å². The number of nitrogens with one attached hydrogen (secondary N) is 1. The topological polar surface area (TPSA) is 58.6 Å². The molecule has 0 saturated carbocycles. The van der Waals surface area contributed by atoms with Gasteiger partial charge in [0.25, 0.3) is 0 Å². The zero-order valence-corrected chi connectivity index (χ0v) is 29.4. The Morgan fingerprint density at radius 3 is 2.20 bits per heavy atom. The van der Waals surface area contributed by atoms with E-state index in [9.17, 15) is 9.59 Å². The second-order valence-electron chi connectivity index (χ2n) is 13.1. The second kappa shape index (κ2) is 23.2. The SMILES string of the molecule is CCCCCCCCCCCCCCCC(=O)NCCCC(=O)Oc1cccc2c1CC[C@H](N(CCC)CCc1cccs1)C2. The molecule has 2 aromatic rings. The summed E-state index contributed by atoms with van der Waals surface area (Å²) in [5.74, 6) is 0.619. The maximum Gasteiger partial charge on any atom is 0.311 e. The first-order chi connectivity index (χ1) is 22.1. The Morgan fingerprint density at radius 2 is 1.53 bits per heavy atom. The fraction of sp³-hybridized carbons (Fsp3) is 0.692. The number of rotatable bonds is 25. The zero-order valence-electron chi connectivity index (χ0n) is 28.6. The van der Waals surface area contributed by atoms with Crippen molar-refractivity contribution < 1.29 is 14.3 Å². The van der Waals surface area contributed by atoms with Crippen LogP contribution in [0.5, 0.6) is 5.75 Å². The van der Waals surface area contributed by atoms with Crippen molar-refractivity contribution in [2.24, 2.45) is 0 Å². The van der Waals surface area contributed by atoms with Crippen LogP contribution in [-0.4, -0.2) is 42.5 Å². The Bertz CT molecular complexity index is 1070. The van der Waals surface area contributed by atoms with E-state index < -0.39 is 0 Å². The lowest BCUT2D eigenvalue weighted by atomic mass is 9.86. The van der Waals surface area contributed by atoms with E-state index >= 15 is 0 Å². The van der Waals surface area contributed by atoms with E-state index in [1.807, 2.05) is 23.5 Å². The molecule has 0 bridgehead atoms. The van der Waals surface area contributed by atoms with E-state index in [2.05, 4.69) is 47.6 Å². The molecule has 0 radical (unpaired) electrons. The summed E-state index contributed by atoms with van der Waals surface area (Å²) < 4.78 is 5.85. The van der Waals surface area contributed by atoms with Crippen LogP contribution in [0.15, 0.2) is 35.7 Å². The van der Waals surface area contributed by atoms with Gasteiger partial charge in [-0.2, -0.15) is 0 Å². The molecule has 1 aliphatic carbocycles. The van der Waals surface area contributed by atoms with Gasteiger partial charge >= 0.3 is 5.97 Å². The number of carbonyl (C=O) groups excluding carboxylic acids is 2. The van der Waals surface area contributed by atoms with Crippen molar-refractivity contribution in [3.05, 3.63) is 51.7 Å². The Kier molecular flexibility index (Phi) is 19.2. The Labute approximate surface area is 278 Å². The molecule has 252 valence electrons. The van der Waals surface area contributed by atoms with Crippen LogP contribution in [0.25, 0.3) is 0 Å². The van der Waals surface area contributed by atoms with Crippen LogP contribution in [-0.2, 0) is 28.9 Å². The van der Waals surface area contributed by atoms with Crippen LogP contribution in [0.2, 0.25) is 0 Å². The first kappa shape index (κ1) is 37.3. The Balaban J connectivity index is 1.24. The second-order valence-corrected chi connectivity index (χ2v) is 14.1. The van der Waals surface area contributed by atoms with E-state index in [0.717, 1.165) is 63.8 Å². The molecular weight excluding hydrogens is 577 g/mol. The summed E-state index contributed by atoms with van der Waals surface area (Å²) in [6, 6.07) is 11.1. The van der Waals surface area contributed by atoms with Crippen molar-refractivity contribution in [3.8, 4) is 5.75 Å². The molecule has 6 heteroatoms. The molecule has 1 aromatic heterocycles. The van der Waals surface area contributed by atoms with Gasteiger partial charge in [0, 0.05) is 36.9 Å². The van der Waals surface area contributed by atoms with Crippen LogP contribution >= 0.6 is 11.3 Å². The number of esters is 1.